The highest BCUT2D eigenvalue weighted by atomic mass is 16.3. The lowest BCUT2D eigenvalue weighted by atomic mass is 10.1. The molecule has 2 rings (SSSR count). The number of aliphatic hydroxyl groups is 1. The summed E-state index contributed by atoms with van der Waals surface area (Å²) in [6.45, 7) is 9.59. The van der Waals surface area contributed by atoms with Gasteiger partial charge in [-0.1, -0.05) is 6.07 Å². The summed E-state index contributed by atoms with van der Waals surface area (Å²) in [7, 11) is 1.64. The van der Waals surface area contributed by atoms with Crippen LogP contribution in [0.3, 0.4) is 0 Å². The van der Waals surface area contributed by atoms with E-state index < -0.39 is 5.60 Å². The van der Waals surface area contributed by atoms with Gasteiger partial charge in [0.25, 0.3) is 0 Å². The molecule has 1 aromatic heterocycles. The number of nitrogens with zero attached hydrogens (tertiary/aromatic N) is 3. The number of hydrogen-bond acceptors (Lipinski definition) is 3. The largest absolute Gasteiger partial charge is 0.389 e. The quantitative estimate of drug-likeness (QED) is 0.905. The van der Waals surface area contributed by atoms with Gasteiger partial charge in [-0.15, -0.1) is 5.10 Å². The second-order valence-corrected chi connectivity index (χ2v) is 7.03. The first kappa shape index (κ1) is 18.0. The number of aryl methyl sites for hydroxylation is 3. The third-order valence-electron chi connectivity index (χ3n) is 3.54. The molecule has 2 amide bonds. The molecule has 2 N–H and O–H groups in total. The van der Waals surface area contributed by atoms with E-state index in [2.05, 4.69) is 28.6 Å². The monoisotopic (exact) mass is 330 g/mol. The molecule has 130 valence electrons. The Balaban J connectivity index is 2.18. The van der Waals surface area contributed by atoms with Crippen molar-refractivity contribution in [3.63, 3.8) is 0 Å². The van der Waals surface area contributed by atoms with Crippen molar-refractivity contribution in [2.45, 2.75) is 40.2 Å². The second kappa shape index (κ2) is 6.65. The van der Waals surface area contributed by atoms with Crippen LogP contribution in [0.25, 0.3) is 5.69 Å². The molecule has 0 saturated heterocycles. The molecule has 0 radical (unpaired) electrons. The summed E-state index contributed by atoms with van der Waals surface area (Å²) < 4.78 is 1.81. The van der Waals surface area contributed by atoms with E-state index in [1.807, 2.05) is 31.5 Å². The van der Waals surface area contributed by atoms with E-state index in [0.717, 1.165) is 22.5 Å². The molecule has 6 heteroatoms. The van der Waals surface area contributed by atoms with Crippen molar-refractivity contribution < 1.29 is 9.90 Å². The third kappa shape index (κ3) is 4.58. The fourth-order valence-electron chi connectivity index (χ4n) is 2.73. The number of anilines is 1. The highest BCUT2D eigenvalue weighted by Crippen LogP contribution is 2.18. The number of likely N-dealkylation sites (N-methyl/N-ethyl adjacent to an activating group) is 1. The van der Waals surface area contributed by atoms with Crippen molar-refractivity contribution >= 4 is 11.8 Å². The van der Waals surface area contributed by atoms with Crippen molar-refractivity contribution in [3.05, 3.63) is 41.1 Å². The van der Waals surface area contributed by atoms with Crippen LogP contribution in [0, 0.1) is 20.8 Å². The number of urea groups is 1. The van der Waals surface area contributed by atoms with E-state index in [1.165, 1.54) is 4.90 Å². The van der Waals surface area contributed by atoms with Gasteiger partial charge >= 0.3 is 6.03 Å². The molecular formula is C18H26N4O2. The van der Waals surface area contributed by atoms with Crippen LogP contribution in [0.2, 0.25) is 0 Å². The summed E-state index contributed by atoms with van der Waals surface area (Å²) in [4.78, 5) is 13.6. The minimum absolute atomic E-state index is 0.232. The summed E-state index contributed by atoms with van der Waals surface area (Å²) in [5, 5.41) is 17.1. The maximum Gasteiger partial charge on any atom is 0.322 e. The van der Waals surface area contributed by atoms with E-state index in [9.17, 15) is 9.90 Å². The van der Waals surface area contributed by atoms with E-state index in [-0.39, 0.29) is 12.6 Å². The number of nitrogens with one attached hydrogen (secondary N) is 1. The molecular weight excluding hydrogens is 304 g/mol. The number of rotatable bonds is 4. The minimum atomic E-state index is -0.944. The topological polar surface area (TPSA) is 70.4 Å². The number of amides is 2. The second-order valence-electron chi connectivity index (χ2n) is 7.03. The molecule has 24 heavy (non-hydrogen) atoms. The fourth-order valence-corrected chi connectivity index (χ4v) is 2.73. The lowest BCUT2D eigenvalue weighted by Gasteiger charge is -2.25. The highest BCUT2D eigenvalue weighted by molar-refractivity contribution is 5.88. The van der Waals surface area contributed by atoms with E-state index in [4.69, 9.17) is 0 Å². The first-order valence-corrected chi connectivity index (χ1v) is 7.95. The SMILES string of the molecule is Cc1cc(C)cc(-n2nc(NC(=O)N(C)CC(C)(C)O)cc2C)c1. The van der Waals surface area contributed by atoms with Gasteiger partial charge < -0.3 is 10.0 Å². The molecule has 0 aliphatic heterocycles. The Morgan fingerprint density at radius 2 is 1.79 bits per heavy atom. The molecule has 0 atom stereocenters. The van der Waals surface area contributed by atoms with Gasteiger partial charge in [0.15, 0.2) is 5.82 Å². The van der Waals surface area contributed by atoms with Gasteiger partial charge in [0.2, 0.25) is 0 Å². The number of benzene rings is 1. The predicted molar refractivity (Wildman–Crippen MR) is 95.7 cm³/mol. The van der Waals surface area contributed by atoms with Crippen LogP contribution in [0.5, 0.6) is 0 Å². The number of carbonyl (C=O) groups is 1. The Kier molecular flexibility index (Phi) is 4.99. The van der Waals surface area contributed by atoms with Crippen molar-refractivity contribution in [2.24, 2.45) is 0 Å². The molecule has 1 aromatic carbocycles. The normalized spacial score (nSPS) is 11.5. The first-order valence-electron chi connectivity index (χ1n) is 7.95. The van der Waals surface area contributed by atoms with E-state index >= 15 is 0 Å². The number of aromatic nitrogens is 2. The Morgan fingerprint density at radius 3 is 2.33 bits per heavy atom. The fraction of sp³-hybridized carbons (Fsp3) is 0.444. The zero-order chi connectivity index (χ0) is 18.1. The van der Waals surface area contributed by atoms with Crippen molar-refractivity contribution in [1.29, 1.82) is 0 Å². The van der Waals surface area contributed by atoms with Crippen LogP contribution < -0.4 is 5.32 Å². The van der Waals surface area contributed by atoms with Crippen molar-refractivity contribution in [2.75, 3.05) is 18.9 Å². The molecule has 0 unspecified atom stereocenters. The molecule has 0 saturated carbocycles. The van der Waals surface area contributed by atoms with Gasteiger partial charge in [-0.25, -0.2) is 9.48 Å². The van der Waals surface area contributed by atoms with Crippen LogP contribution in [0.15, 0.2) is 24.3 Å². The average molecular weight is 330 g/mol. The summed E-state index contributed by atoms with van der Waals surface area (Å²) in [6, 6.07) is 7.74. The van der Waals surface area contributed by atoms with Gasteiger partial charge in [0.1, 0.15) is 0 Å². The molecule has 0 bridgehead atoms. The van der Waals surface area contributed by atoms with Gasteiger partial charge in [-0.2, -0.15) is 0 Å². The zero-order valence-corrected chi connectivity index (χ0v) is 15.2. The Morgan fingerprint density at radius 1 is 1.21 bits per heavy atom. The van der Waals surface area contributed by atoms with Crippen LogP contribution in [0.1, 0.15) is 30.7 Å². The molecule has 0 fully saturated rings. The minimum Gasteiger partial charge on any atom is -0.389 e. The molecule has 1 heterocycles. The molecule has 0 spiro atoms. The third-order valence-corrected chi connectivity index (χ3v) is 3.54. The standard InChI is InChI=1S/C18H26N4O2/c1-12-7-13(2)9-15(8-12)22-14(3)10-16(20-22)19-17(23)21(6)11-18(4,5)24/h7-10,24H,11H2,1-6H3,(H,19,20,23). The first-order chi connectivity index (χ1) is 11.0. The van der Waals surface area contributed by atoms with Gasteiger partial charge in [0.05, 0.1) is 17.8 Å². The lowest BCUT2D eigenvalue weighted by molar-refractivity contribution is 0.0550. The molecule has 0 aliphatic carbocycles. The number of carbonyl (C=O) groups excluding carboxylic acids is 1. The van der Waals surface area contributed by atoms with Crippen LogP contribution >= 0.6 is 0 Å². The summed E-state index contributed by atoms with van der Waals surface area (Å²) in [5.74, 6) is 0.485. The molecule has 2 aromatic rings. The zero-order valence-electron chi connectivity index (χ0n) is 15.2. The van der Waals surface area contributed by atoms with E-state index in [1.54, 1.807) is 20.9 Å². The molecule has 0 aliphatic rings. The van der Waals surface area contributed by atoms with Gasteiger partial charge in [0, 0.05) is 18.8 Å². The average Bonchev–Trinajstić information content (AvgIpc) is 2.76. The van der Waals surface area contributed by atoms with Crippen molar-refractivity contribution in [1.82, 2.24) is 14.7 Å². The maximum atomic E-state index is 12.2. The van der Waals surface area contributed by atoms with Crippen molar-refractivity contribution in [3.8, 4) is 5.69 Å². The Bertz CT molecular complexity index is 724. The summed E-state index contributed by atoms with van der Waals surface area (Å²) >= 11 is 0. The highest BCUT2D eigenvalue weighted by Gasteiger charge is 2.20. The smallest absolute Gasteiger partial charge is 0.322 e. The number of hydrogen-bond donors (Lipinski definition) is 2. The van der Waals surface area contributed by atoms with Crippen LogP contribution in [0.4, 0.5) is 10.6 Å². The lowest BCUT2D eigenvalue weighted by Crippen LogP contribution is -2.41. The van der Waals surface area contributed by atoms with E-state index in [0.29, 0.717) is 5.82 Å². The summed E-state index contributed by atoms with van der Waals surface area (Å²) in [5.41, 5.74) is 3.28. The van der Waals surface area contributed by atoms with Gasteiger partial charge in [-0.3, -0.25) is 5.32 Å². The Hall–Kier alpha value is -2.34. The molecule has 6 nitrogen and oxygen atoms in total. The predicted octanol–water partition coefficient (Wildman–Crippen LogP) is 3.03. The maximum absolute atomic E-state index is 12.2. The van der Waals surface area contributed by atoms with Gasteiger partial charge in [-0.05, 0) is 57.9 Å². The Labute approximate surface area is 143 Å². The summed E-state index contributed by atoms with van der Waals surface area (Å²) in [6.07, 6.45) is 0. The van der Waals surface area contributed by atoms with Crippen LogP contribution in [-0.4, -0.2) is 45.0 Å². The van der Waals surface area contributed by atoms with Crippen LogP contribution in [-0.2, 0) is 0 Å².